The lowest BCUT2D eigenvalue weighted by molar-refractivity contribution is 0.0879. The monoisotopic (exact) mass is 377 g/mol. The average molecular weight is 377 g/mol. The molecular weight excluding hydrogens is 355 g/mol. The highest BCUT2D eigenvalue weighted by Crippen LogP contribution is 2.22. The van der Waals surface area contributed by atoms with Crippen molar-refractivity contribution in [1.82, 2.24) is 15.1 Å². The Labute approximate surface area is 156 Å². The fraction of sp³-hybridized carbons (Fsp3) is 0.350. The lowest BCUT2D eigenvalue weighted by atomic mass is 10.0. The second-order valence-corrected chi connectivity index (χ2v) is 6.71. The maximum absolute atomic E-state index is 13.8. The van der Waals surface area contributed by atoms with Crippen LogP contribution in [0.15, 0.2) is 42.5 Å². The Morgan fingerprint density at radius 1 is 1.00 bits per heavy atom. The summed E-state index contributed by atoms with van der Waals surface area (Å²) in [4.78, 5) is 16.7. The van der Waals surface area contributed by atoms with Gasteiger partial charge in [0.25, 0.3) is 5.91 Å². The van der Waals surface area contributed by atoms with E-state index in [0.717, 1.165) is 43.9 Å². The molecule has 0 bridgehead atoms. The van der Waals surface area contributed by atoms with Crippen molar-refractivity contribution < 1.29 is 18.0 Å². The van der Waals surface area contributed by atoms with Gasteiger partial charge >= 0.3 is 0 Å². The van der Waals surface area contributed by atoms with Gasteiger partial charge in [0.05, 0.1) is 6.04 Å². The van der Waals surface area contributed by atoms with E-state index >= 15 is 0 Å². The molecule has 4 nitrogen and oxygen atoms in total. The third-order valence-corrected chi connectivity index (χ3v) is 4.88. The van der Waals surface area contributed by atoms with Crippen molar-refractivity contribution in [2.45, 2.75) is 6.04 Å². The van der Waals surface area contributed by atoms with Gasteiger partial charge in [-0.3, -0.25) is 9.69 Å². The number of carbonyl (C=O) groups excluding carboxylic acids is 1. The molecule has 1 aliphatic rings. The van der Waals surface area contributed by atoms with Gasteiger partial charge in [-0.15, -0.1) is 0 Å². The number of rotatable bonds is 5. The van der Waals surface area contributed by atoms with Crippen molar-refractivity contribution >= 4 is 5.91 Å². The molecule has 1 atom stereocenters. The molecule has 7 heteroatoms. The lowest BCUT2D eigenvalue weighted by Gasteiger charge is -2.38. The standard InChI is InChI=1S/C20H22F3N3O/c1-25-9-11-26(12-10-25)18(14-5-7-15(21)8-6-14)13-24-20(27)19-16(22)3-2-4-17(19)23/h2-8,18H,9-13H2,1H3,(H,24,27)/t18-/m0/s1. The van der Waals surface area contributed by atoms with Crippen molar-refractivity contribution in [3.63, 3.8) is 0 Å². The molecule has 1 aliphatic heterocycles. The highest BCUT2D eigenvalue weighted by Gasteiger charge is 2.25. The molecular formula is C20H22F3N3O. The summed E-state index contributed by atoms with van der Waals surface area (Å²) in [6, 6.07) is 9.20. The van der Waals surface area contributed by atoms with Crippen LogP contribution in [0.25, 0.3) is 0 Å². The Bertz CT molecular complexity index is 769. The van der Waals surface area contributed by atoms with Crippen LogP contribution in [0.3, 0.4) is 0 Å². The fourth-order valence-electron chi connectivity index (χ4n) is 3.27. The molecule has 1 N–H and O–H groups in total. The molecule has 0 aromatic heterocycles. The Morgan fingerprint density at radius 2 is 1.59 bits per heavy atom. The number of nitrogens with one attached hydrogen (secondary N) is 1. The van der Waals surface area contributed by atoms with E-state index in [1.165, 1.54) is 18.2 Å². The van der Waals surface area contributed by atoms with E-state index in [0.29, 0.717) is 0 Å². The summed E-state index contributed by atoms with van der Waals surface area (Å²) in [5, 5.41) is 2.63. The average Bonchev–Trinajstić information content (AvgIpc) is 2.64. The second-order valence-electron chi connectivity index (χ2n) is 6.71. The number of likely N-dealkylation sites (N-methyl/N-ethyl adjacent to an activating group) is 1. The zero-order valence-electron chi connectivity index (χ0n) is 15.1. The Balaban J connectivity index is 1.77. The maximum atomic E-state index is 13.8. The SMILES string of the molecule is CN1CCN([C@@H](CNC(=O)c2c(F)cccc2F)c2ccc(F)cc2)CC1. The van der Waals surface area contributed by atoms with Crippen molar-refractivity contribution in [2.24, 2.45) is 0 Å². The van der Waals surface area contributed by atoms with Crippen LogP contribution in [-0.2, 0) is 0 Å². The summed E-state index contributed by atoms with van der Waals surface area (Å²) in [5.41, 5.74) is 0.254. The third-order valence-electron chi connectivity index (χ3n) is 4.88. The van der Waals surface area contributed by atoms with Crippen LogP contribution in [0.4, 0.5) is 13.2 Å². The molecule has 1 fully saturated rings. The minimum absolute atomic E-state index is 0.169. The highest BCUT2D eigenvalue weighted by atomic mass is 19.1. The number of carbonyl (C=O) groups is 1. The zero-order valence-corrected chi connectivity index (χ0v) is 15.1. The molecule has 1 saturated heterocycles. The van der Waals surface area contributed by atoms with Gasteiger partial charge in [-0.25, -0.2) is 13.2 Å². The van der Waals surface area contributed by atoms with Gasteiger partial charge in [0.1, 0.15) is 23.0 Å². The third kappa shape index (κ3) is 4.67. The summed E-state index contributed by atoms with van der Waals surface area (Å²) in [5.74, 6) is -2.93. The molecule has 0 saturated carbocycles. The van der Waals surface area contributed by atoms with Crippen molar-refractivity contribution in [1.29, 1.82) is 0 Å². The molecule has 0 spiro atoms. The molecule has 144 valence electrons. The Hall–Kier alpha value is -2.38. The van der Waals surface area contributed by atoms with Gasteiger partial charge in [0.2, 0.25) is 0 Å². The quantitative estimate of drug-likeness (QED) is 0.871. The van der Waals surface area contributed by atoms with Crippen LogP contribution in [0.2, 0.25) is 0 Å². The van der Waals surface area contributed by atoms with E-state index in [1.807, 2.05) is 7.05 Å². The van der Waals surface area contributed by atoms with Gasteiger partial charge in [-0.05, 0) is 36.9 Å². The first-order valence-electron chi connectivity index (χ1n) is 8.86. The number of piperazine rings is 1. The molecule has 3 rings (SSSR count). The largest absolute Gasteiger partial charge is 0.350 e. The Morgan fingerprint density at radius 3 is 2.19 bits per heavy atom. The van der Waals surface area contributed by atoms with E-state index in [-0.39, 0.29) is 18.4 Å². The second kappa shape index (κ2) is 8.54. The normalized spacial score (nSPS) is 16.9. The van der Waals surface area contributed by atoms with Gasteiger partial charge in [0.15, 0.2) is 0 Å². The fourth-order valence-corrected chi connectivity index (χ4v) is 3.27. The van der Waals surface area contributed by atoms with Crippen LogP contribution >= 0.6 is 0 Å². The van der Waals surface area contributed by atoms with Crippen molar-refractivity contribution in [2.75, 3.05) is 39.8 Å². The highest BCUT2D eigenvalue weighted by molar-refractivity contribution is 5.94. The van der Waals surface area contributed by atoms with Gasteiger partial charge in [-0.1, -0.05) is 18.2 Å². The molecule has 0 unspecified atom stereocenters. The number of halogens is 3. The van der Waals surface area contributed by atoms with Gasteiger partial charge in [0, 0.05) is 32.7 Å². The number of benzene rings is 2. The predicted molar refractivity (Wildman–Crippen MR) is 96.9 cm³/mol. The van der Waals surface area contributed by atoms with E-state index in [2.05, 4.69) is 15.1 Å². The van der Waals surface area contributed by atoms with Crippen LogP contribution in [0.1, 0.15) is 22.0 Å². The summed E-state index contributed by atoms with van der Waals surface area (Å²) in [7, 11) is 2.03. The summed E-state index contributed by atoms with van der Waals surface area (Å²) >= 11 is 0. The molecule has 2 aromatic rings. The number of amides is 1. The van der Waals surface area contributed by atoms with Crippen molar-refractivity contribution in [3.8, 4) is 0 Å². The maximum Gasteiger partial charge on any atom is 0.257 e. The molecule has 2 aromatic carbocycles. The minimum Gasteiger partial charge on any atom is -0.350 e. The van der Waals surface area contributed by atoms with Crippen LogP contribution in [-0.4, -0.2) is 55.5 Å². The van der Waals surface area contributed by atoms with E-state index in [4.69, 9.17) is 0 Å². The molecule has 27 heavy (non-hydrogen) atoms. The molecule has 0 radical (unpaired) electrons. The Kier molecular flexibility index (Phi) is 6.13. The van der Waals surface area contributed by atoms with Crippen LogP contribution < -0.4 is 5.32 Å². The summed E-state index contributed by atoms with van der Waals surface area (Å²) in [6.45, 7) is 3.47. The van der Waals surface area contributed by atoms with E-state index in [1.54, 1.807) is 12.1 Å². The smallest absolute Gasteiger partial charge is 0.257 e. The van der Waals surface area contributed by atoms with Crippen molar-refractivity contribution in [3.05, 3.63) is 71.0 Å². The first kappa shape index (κ1) is 19.4. The molecule has 0 aliphatic carbocycles. The van der Waals surface area contributed by atoms with Crippen LogP contribution in [0, 0.1) is 17.5 Å². The van der Waals surface area contributed by atoms with E-state index in [9.17, 15) is 18.0 Å². The minimum atomic E-state index is -0.898. The summed E-state index contributed by atoms with van der Waals surface area (Å²) in [6.07, 6.45) is 0. The zero-order chi connectivity index (χ0) is 19.4. The first-order valence-corrected chi connectivity index (χ1v) is 8.86. The van der Waals surface area contributed by atoms with Gasteiger partial charge < -0.3 is 10.2 Å². The van der Waals surface area contributed by atoms with Gasteiger partial charge in [-0.2, -0.15) is 0 Å². The number of hydrogen-bond donors (Lipinski definition) is 1. The number of nitrogens with zero attached hydrogens (tertiary/aromatic N) is 2. The topological polar surface area (TPSA) is 35.6 Å². The van der Waals surface area contributed by atoms with Crippen LogP contribution in [0.5, 0.6) is 0 Å². The molecule has 1 heterocycles. The number of hydrogen-bond acceptors (Lipinski definition) is 3. The van der Waals surface area contributed by atoms with E-state index < -0.39 is 23.1 Å². The predicted octanol–water partition coefficient (Wildman–Crippen LogP) is 2.82. The lowest BCUT2D eigenvalue weighted by Crippen LogP contribution is -2.48. The molecule has 1 amide bonds. The first-order chi connectivity index (χ1) is 13.0. The summed E-state index contributed by atoms with van der Waals surface area (Å²) < 4.78 is 41.0.